The molecule has 0 bridgehead atoms. The van der Waals surface area contributed by atoms with Gasteiger partial charge in [-0.05, 0) is 116 Å². The SMILES string of the molecule is C=CCOC(=O)C[C@H](NC(=O)[C@@H](NC(=O)[C@H](CCCN=C(N)NS(=O)(=O)c1c(C)c(C)c2c(c1C)CCC(C)(C)O2)NC(=O)OCC1c2ccccc2-c2ccccc21)C(C)C)C(=O)OCc1ccccc1. The quantitative estimate of drug-likeness (QED) is 0.0150. The minimum atomic E-state index is -4.21. The number of nitrogens with zero attached hydrogens (tertiary/aromatic N) is 1. The molecule has 2 aliphatic rings. The molecule has 18 heteroatoms. The number of amides is 3. The van der Waals surface area contributed by atoms with Crippen molar-refractivity contribution in [3.05, 3.63) is 130 Å². The Morgan fingerprint density at radius 3 is 2.11 bits per heavy atom. The number of hydrogen-bond donors (Lipinski definition) is 5. The van der Waals surface area contributed by atoms with Gasteiger partial charge in [0.1, 0.15) is 49.3 Å². The number of sulfonamides is 1. The van der Waals surface area contributed by atoms with Crippen LogP contribution in [0.4, 0.5) is 4.79 Å². The van der Waals surface area contributed by atoms with E-state index in [0.717, 1.165) is 33.4 Å². The van der Waals surface area contributed by atoms with E-state index in [-0.39, 0.29) is 56.0 Å². The van der Waals surface area contributed by atoms with Crippen LogP contribution in [0.1, 0.15) is 98.2 Å². The van der Waals surface area contributed by atoms with Gasteiger partial charge in [0.15, 0.2) is 0 Å². The average Bonchev–Trinajstić information content (AvgIpc) is 3.66. The fourth-order valence-electron chi connectivity index (χ4n) is 8.97. The Bertz CT molecular complexity index is 2770. The molecule has 4 aromatic carbocycles. The van der Waals surface area contributed by atoms with Crippen molar-refractivity contribution in [3.63, 3.8) is 0 Å². The van der Waals surface area contributed by atoms with Crippen LogP contribution in [0.25, 0.3) is 11.1 Å². The number of guanidine groups is 1. The van der Waals surface area contributed by atoms with Crippen molar-refractivity contribution in [2.24, 2.45) is 16.6 Å². The van der Waals surface area contributed by atoms with Gasteiger partial charge in [0.05, 0.1) is 11.3 Å². The van der Waals surface area contributed by atoms with Crippen LogP contribution in [0, 0.1) is 26.7 Å². The lowest BCUT2D eigenvalue weighted by Crippen LogP contribution is -2.57. The molecule has 1 heterocycles. The van der Waals surface area contributed by atoms with Crippen molar-refractivity contribution in [3.8, 4) is 16.9 Å². The maximum atomic E-state index is 14.3. The molecular weight excluding hydrogens is 941 g/mol. The average molecular weight is 1010 g/mol. The zero-order valence-electron chi connectivity index (χ0n) is 42.0. The molecule has 0 radical (unpaired) electrons. The van der Waals surface area contributed by atoms with Gasteiger partial charge in [0.2, 0.25) is 17.8 Å². The first-order chi connectivity index (χ1) is 34.2. The second-order valence-corrected chi connectivity index (χ2v) is 20.6. The third-order valence-electron chi connectivity index (χ3n) is 12.9. The fourth-order valence-corrected chi connectivity index (χ4v) is 10.5. The Morgan fingerprint density at radius 2 is 1.47 bits per heavy atom. The summed E-state index contributed by atoms with van der Waals surface area (Å²) in [6, 6.07) is 20.4. The van der Waals surface area contributed by atoms with Gasteiger partial charge in [-0.1, -0.05) is 105 Å². The molecule has 6 rings (SSSR count). The smallest absolute Gasteiger partial charge is 0.407 e. The number of ether oxygens (including phenoxy) is 4. The molecule has 384 valence electrons. The maximum absolute atomic E-state index is 14.3. The van der Waals surface area contributed by atoms with Crippen LogP contribution in [0.5, 0.6) is 5.75 Å². The Labute approximate surface area is 421 Å². The molecule has 3 amide bonds. The molecule has 3 atom stereocenters. The van der Waals surface area contributed by atoms with Crippen LogP contribution < -0.4 is 31.1 Å². The maximum Gasteiger partial charge on any atom is 0.407 e. The molecule has 0 saturated carbocycles. The highest BCUT2D eigenvalue weighted by Gasteiger charge is 2.36. The van der Waals surface area contributed by atoms with Gasteiger partial charge in [-0.15, -0.1) is 0 Å². The highest BCUT2D eigenvalue weighted by Crippen LogP contribution is 2.45. The largest absolute Gasteiger partial charge is 0.487 e. The molecule has 0 unspecified atom stereocenters. The zero-order valence-corrected chi connectivity index (χ0v) is 42.8. The summed E-state index contributed by atoms with van der Waals surface area (Å²) >= 11 is 0. The van der Waals surface area contributed by atoms with Crippen LogP contribution in [0.2, 0.25) is 0 Å². The minimum Gasteiger partial charge on any atom is -0.487 e. The molecule has 0 saturated heterocycles. The topological polar surface area (TPSA) is 243 Å². The van der Waals surface area contributed by atoms with Crippen LogP contribution in [0.3, 0.4) is 0 Å². The van der Waals surface area contributed by atoms with Gasteiger partial charge in [0, 0.05) is 12.5 Å². The monoisotopic (exact) mass is 1010 g/mol. The summed E-state index contributed by atoms with van der Waals surface area (Å²) in [5.41, 5.74) is 13.1. The van der Waals surface area contributed by atoms with Crippen molar-refractivity contribution in [2.75, 3.05) is 19.8 Å². The van der Waals surface area contributed by atoms with Crippen molar-refractivity contribution >= 4 is 45.8 Å². The van der Waals surface area contributed by atoms with Crippen molar-refractivity contribution in [1.29, 1.82) is 0 Å². The second-order valence-electron chi connectivity index (χ2n) is 19.0. The molecule has 0 spiro atoms. The normalized spacial score (nSPS) is 15.0. The number of carbonyl (C=O) groups excluding carboxylic acids is 5. The summed E-state index contributed by atoms with van der Waals surface area (Å²) in [5, 5.41) is 7.92. The first kappa shape index (κ1) is 54.1. The predicted octanol–water partition coefficient (Wildman–Crippen LogP) is 6.48. The van der Waals surface area contributed by atoms with E-state index in [1.165, 1.54) is 6.08 Å². The van der Waals surface area contributed by atoms with Gasteiger partial charge >= 0.3 is 18.0 Å². The molecule has 4 aromatic rings. The number of hydrogen-bond acceptors (Lipinski definition) is 12. The molecule has 1 aliphatic carbocycles. The summed E-state index contributed by atoms with van der Waals surface area (Å²) in [7, 11) is -4.21. The molecule has 72 heavy (non-hydrogen) atoms. The van der Waals surface area contributed by atoms with Gasteiger partial charge in [-0.2, -0.15) is 0 Å². The van der Waals surface area contributed by atoms with Crippen LogP contribution in [0.15, 0.2) is 101 Å². The third kappa shape index (κ3) is 13.4. The number of nitrogens with two attached hydrogens (primary N) is 1. The fraction of sp³-hybridized carbons (Fsp3) is 0.407. The molecule has 0 fully saturated rings. The van der Waals surface area contributed by atoms with Crippen LogP contribution in [-0.2, 0) is 56.4 Å². The van der Waals surface area contributed by atoms with E-state index in [2.05, 4.69) is 32.2 Å². The number of benzene rings is 4. The number of fused-ring (bicyclic) bond motifs is 4. The van der Waals surface area contributed by atoms with Gasteiger partial charge in [0.25, 0.3) is 10.0 Å². The molecule has 1 aliphatic heterocycles. The van der Waals surface area contributed by atoms with Crippen LogP contribution >= 0.6 is 0 Å². The number of carbonyl (C=O) groups is 5. The Hall–Kier alpha value is -7.21. The molecule has 17 nitrogen and oxygen atoms in total. The van der Waals surface area contributed by atoms with Crippen molar-refractivity contribution in [1.82, 2.24) is 20.7 Å². The van der Waals surface area contributed by atoms with E-state index >= 15 is 0 Å². The number of esters is 2. The van der Waals surface area contributed by atoms with E-state index in [4.69, 9.17) is 24.7 Å². The highest BCUT2D eigenvalue weighted by molar-refractivity contribution is 7.90. The van der Waals surface area contributed by atoms with E-state index in [9.17, 15) is 32.4 Å². The first-order valence-corrected chi connectivity index (χ1v) is 25.5. The van der Waals surface area contributed by atoms with E-state index in [0.29, 0.717) is 35.3 Å². The van der Waals surface area contributed by atoms with Gasteiger partial charge in [-0.3, -0.25) is 19.4 Å². The number of aliphatic imine (C=N–C) groups is 1. The molecule has 0 aromatic heterocycles. The number of rotatable bonds is 21. The lowest BCUT2D eigenvalue weighted by molar-refractivity contribution is -0.154. The van der Waals surface area contributed by atoms with Gasteiger partial charge in [-0.25, -0.2) is 22.7 Å². The van der Waals surface area contributed by atoms with Crippen LogP contribution in [-0.4, -0.2) is 87.7 Å². The summed E-state index contributed by atoms with van der Waals surface area (Å²) in [5.74, 6) is -3.82. The summed E-state index contributed by atoms with van der Waals surface area (Å²) in [6.07, 6.45) is 1.27. The number of alkyl carbamates (subject to hydrolysis) is 1. The van der Waals surface area contributed by atoms with Gasteiger partial charge < -0.3 is 40.6 Å². The lowest BCUT2D eigenvalue weighted by atomic mass is 9.88. The van der Waals surface area contributed by atoms with Crippen molar-refractivity contribution in [2.45, 2.75) is 122 Å². The second kappa shape index (κ2) is 23.8. The van der Waals surface area contributed by atoms with Crippen molar-refractivity contribution < 1.29 is 51.3 Å². The third-order valence-corrected chi connectivity index (χ3v) is 14.5. The van der Waals surface area contributed by atoms with E-state index in [1.54, 1.807) is 58.0 Å². The highest BCUT2D eigenvalue weighted by atomic mass is 32.2. The predicted molar refractivity (Wildman–Crippen MR) is 272 cm³/mol. The summed E-state index contributed by atoms with van der Waals surface area (Å²) in [4.78, 5) is 72.4. The Kier molecular flexibility index (Phi) is 17.9. The molecule has 6 N–H and O–H groups in total. The summed E-state index contributed by atoms with van der Waals surface area (Å²) in [6.45, 7) is 15.8. The first-order valence-electron chi connectivity index (χ1n) is 24.0. The van der Waals surface area contributed by atoms with E-state index in [1.807, 2.05) is 69.3 Å². The summed E-state index contributed by atoms with van der Waals surface area (Å²) < 4.78 is 52.8. The lowest BCUT2D eigenvalue weighted by Gasteiger charge is -2.35. The van der Waals surface area contributed by atoms with E-state index < -0.39 is 75.9 Å². The number of nitrogens with one attached hydrogen (secondary N) is 4. The molecular formula is C54H66N6O11S. The standard InChI is InChI=1S/C54H66N6O11S/c1-9-28-68-45(61)29-44(51(64)69-30-36-18-11-10-12-19-36)57-50(63)46(32(2)3)59-49(62)43(58-53(65)70-31-42-40-22-15-13-20-38(40)39-21-14-16-23-41(39)42)24-17-27-56-52(55)60-72(66,67)48-34(5)33(4)47-37(35(48)6)25-26-54(7,8)71-47/h9-16,18-23,32,42-44,46H,1,17,24-31H2,2-8H3,(H,57,63)(H,58,65)(H,59,62)(H3,55,56,60)/t43-,44-,46-/m0/s1. The zero-order chi connectivity index (χ0) is 52.3. The minimum absolute atomic E-state index is 0.0448. The Morgan fingerprint density at radius 1 is 0.833 bits per heavy atom. The Balaban J connectivity index is 1.17.